The Balaban J connectivity index is 1.63. The molecule has 2 N–H and O–H groups in total. The molecule has 1 aliphatic rings. The predicted octanol–water partition coefficient (Wildman–Crippen LogP) is 4.76. The van der Waals surface area contributed by atoms with Gasteiger partial charge in [0.05, 0.1) is 11.7 Å². The number of rotatable bonds is 4. The number of nitrogens with two attached hydrogens (primary N) is 1. The highest BCUT2D eigenvalue weighted by Crippen LogP contribution is 2.41. The lowest BCUT2D eigenvalue weighted by atomic mass is 9.79. The second kappa shape index (κ2) is 7.17. The predicted molar refractivity (Wildman–Crippen MR) is 105 cm³/mol. The highest BCUT2D eigenvalue weighted by atomic mass is 35.5. The molecule has 1 fully saturated rings. The minimum absolute atomic E-state index is 0.125. The molecule has 0 spiro atoms. The van der Waals surface area contributed by atoms with E-state index in [1.807, 2.05) is 25.3 Å². The van der Waals surface area contributed by atoms with Gasteiger partial charge in [0.25, 0.3) is 5.92 Å². The molecule has 0 unspecified atom stereocenters. The monoisotopic (exact) mass is 424 g/mol. The summed E-state index contributed by atoms with van der Waals surface area (Å²) in [6, 6.07) is 3.15. The van der Waals surface area contributed by atoms with Crippen molar-refractivity contribution < 1.29 is 13.6 Å². The van der Waals surface area contributed by atoms with Crippen LogP contribution in [0, 0.1) is 12.8 Å². The first-order valence-corrected chi connectivity index (χ1v) is 10.2. The Morgan fingerprint density at radius 2 is 2.25 bits per heavy atom. The lowest BCUT2D eigenvalue weighted by Gasteiger charge is -2.35. The van der Waals surface area contributed by atoms with Crippen LogP contribution in [0.3, 0.4) is 0 Å². The molecule has 4 rings (SSSR count). The fourth-order valence-corrected chi connectivity index (χ4v) is 4.84. The van der Waals surface area contributed by atoms with Crippen molar-refractivity contribution in [1.29, 1.82) is 0 Å². The van der Waals surface area contributed by atoms with Gasteiger partial charge in [-0.3, -0.25) is 4.79 Å². The number of Topliss-reactive ketones (excluding diaryl/α,β-unsaturated/α-hetero) is 1. The molecule has 2 atom stereocenters. The molecular weight excluding hydrogens is 406 g/mol. The molecule has 3 aromatic heterocycles. The highest BCUT2D eigenvalue weighted by molar-refractivity contribution is 7.18. The van der Waals surface area contributed by atoms with Crippen molar-refractivity contribution in [3.05, 3.63) is 39.4 Å². The number of fused-ring (bicyclic) bond motifs is 1. The number of carbonyl (C=O) groups excluding carboxylic acids is 1. The zero-order valence-corrected chi connectivity index (χ0v) is 16.7. The van der Waals surface area contributed by atoms with Crippen LogP contribution in [0.2, 0.25) is 4.34 Å². The fraction of sp³-hybridized carbons (Fsp3) is 0.421. The quantitative estimate of drug-likeness (QED) is 0.613. The van der Waals surface area contributed by atoms with Gasteiger partial charge >= 0.3 is 0 Å². The molecular formula is C19H19ClF2N4OS. The summed E-state index contributed by atoms with van der Waals surface area (Å²) in [4.78, 5) is 17.0. The van der Waals surface area contributed by atoms with Crippen LogP contribution >= 0.6 is 22.9 Å². The molecule has 1 saturated carbocycles. The zero-order chi connectivity index (χ0) is 20.1. The Hall–Kier alpha value is -1.90. The summed E-state index contributed by atoms with van der Waals surface area (Å²) >= 11 is 7.34. The highest BCUT2D eigenvalue weighted by Gasteiger charge is 2.46. The maximum atomic E-state index is 14.2. The van der Waals surface area contributed by atoms with Gasteiger partial charge in [-0.25, -0.2) is 18.3 Å². The number of pyridine rings is 1. The minimum Gasteiger partial charge on any atom is -0.327 e. The molecule has 3 heterocycles. The summed E-state index contributed by atoms with van der Waals surface area (Å²) in [7, 11) is 0. The van der Waals surface area contributed by atoms with Crippen LogP contribution in [-0.4, -0.2) is 32.3 Å². The van der Waals surface area contributed by atoms with Gasteiger partial charge in [-0.1, -0.05) is 29.0 Å². The maximum absolute atomic E-state index is 14.2. The topological polar surface area (TPSA) is 73.3 Å². The largest absolute Gasteiger partial charge is 0.327 e. The van der Waals surface area contributed by atoms with Crippen molar-refractivity contribution >= 4 is 34.2 Å². The molecule has 0 saturated heterocycles. The van der Waals surface area contributed by atoms with E-state index in [1.54, 1.807) is 10.7 Å². The van der Waals surface area contributed by atoms with Crippen LogP contribution in [-0.2, 0) is 0 Å². The third-order valence-corrected chi connectivity index (χ3v) is 6.55. The van der Waals surface area contributed by atoms with Gasteiger partial charge in [-0.2, -0.15) is 5.10 Å². The third-order valence-electron chi connectivity index (χ3n) is 5.26. The van der Waals surface area contributed by atoms with Crippen LogP contribution in [0.5, 0.6) is 0 Å². The average Bonchev–Trinajstić information content (AvgIpc) is 3.20. The SMILES string of the molecule is Cc1ccc2c(-c3nc(C(=O)C[C@@H]4[C@@H](N)CCCC4(F)F)sc3Cl)cnn2c1. The van der Waals surface area contributed by atoms with E-state index in [9.17, 15) is 13.6 Å². The van der Waals surface area contributed by atoms with Crippen molar-refractivity contribution in [3.8, 4) is 11.3 Å². The van der Waals surface area contributed by atoms with E-state index in [2.05, 4.69) is 10.1 Å². The molecule has 148 valence electrons. The van der Waals surface area contributed by atoms with E-state index in [0.29, 0.717) is 28.4 Å². The third kappa shape index (κ3) is 3.44. The molecule has 0 bridgehead atoms. The smallest absolute Gasteiger partial charge is 0.252 e. The van der Waals surface area contributed by atoms with Gasteiger partial charge in [0.2, 0.25) is 0 Å². The first kappa shape index (κ1) is 19.4. The molecule has 0 radical (unpaired) electrons. The number of alkyl halides is 2. The van der Waals surface area contributed by atoms with Gasteiger partial charge in [-0.05, 0) is 31.4 Å². The van der Waals surface area contributed by atoms with Gasteiger partial charge in [0.15, 0.2) is 10.8 Å². The number of hydrogen-bond acceptors (Lipinski definition) is 5. The summed E-state index contributed by atoms with van der Waals surface area (Å²) in [6.07, 6.45) is 3.82. The summed E-state index contributed by atoms with van der Waals surface area (Å²) in [5, 5.41) is 4.42. The Morgan fingerprint density at radius 3 is 3.00 bits per heavy atom. The summed E-state index contributed by atoms with van der Waals surface area (Å²) in [6.45, 7) is 1.96. The number of aromatic nitrogens is 3. The Bertz CT molecular complexity index is 1050. The van der Waals surface area contributed by atoms with Crippen LogP contribution in [0.15, 0.2) is 24.5 Å². The lowest BCUT2D eigenvalue weighted by Crippen LogP contribution is -2.46. The fourth-order valence-electron chi connectivity index (χ4n) is 3.72. The standard InChI is InChI=1S/C19H19ClF2N4OS/c1-10-4-5-14-11(8-24-26(14)9-10)16-17(20)28-18(25-16)15(27)7-12-13(23)3-2-6-19(12,21)22/h4-5,8-9,12-13H,2-3,6-7,23H2,1H3/t12-,13+/m1/s1. The average molecular weight is 425 g/mol. The number of hydrogen-bond donors (Lipinski definition) is 1. The second-order valence-electron chi connectivity index (χ2n) is 7.29. The van der Waals surface area contributed by atoms with E-state index in [4.69, 9.17) is 17.3 Å². The Labute approximate surface area is 169 Å². The number of aryl methyl sites for hydroxylation is 1. The Morgan fingerprint density at radius 1 is 1.46 bits per heavy atom. The van der Waals surface area contributed by atoms with Crippen molar-refractivity contribution in [2.45, 2.75) is 44.6 Å². The van der Waals surface area contributed by atoms with Crippen molar-refractivity contribution in [3.63, 3.8) is 0 Å². The van der Waals surface area contributed by atoms with Crippen LogP contribution in [0.25, 0.3) is 16.8 Å². The normalized spacial score (nSPS) is 21.9. The van der Waals surface area contributed by atoms with Gasteiger partial charge in [0, 0.05) is 36.6 Å². The molecule has 0 amide bonds. The van der Waals surface area contributed by atoms with Crippen LogP contribution in [0.4, 0.5) is 8.78 Å². The van der Waals surface area contributed by atoms with E-state index < -0.39 is 23.7 Å². The minimum atomic E-state index is -2.93. The van der Waals surface area contributed by atoms with E-state index in [1.165, 1.54) is 0 Å². The summed E-state index contributed by atoms with van der Waals surface area (Å²) in [5.41, 5.74) is 8.87. The van der Waals surface area contributed by atoms with Gasteiger partial charge in [0.1, 0.15) is 10.0 Å². The molecule has 28 heavy (non-hydrogen) atoms. The summed E-state index contributed by atoms with van der Waals surface area (Å²) in [5.74, 6) is -4.55. The molecule has 5 nitrogen and oxygen atoms in total. The number of nitrogens with zero attached hydrogens (tertiary/aromatic N) is 3. The summed E-state index contributed by atoms with van der Waals surface area (Å²) < 4.78 is 30.5. The number of halogens is 3. The number of carbonyl (C=O) groups is 1. The maximum Gasteiger partial charge on any atom is 0.252 e. The van der Waals surface area contributed by atoms with Crippen LogP contribution in [0.1, 0.15) is 41.0 Å². The first-order chi connectivity index (χ1) is 13.3. The van der Waals surface area contributed by atoms with Crippen molar-refractivity contribution in [1.82, 2.24) is 14.6 Å². The lowest BCUT2D eigenvalue weighted by molar-refractivity contribution is -0.0923. The van der Waals surface area contributed by atoms with Gasteiger partial charge < -0.3 is 5.73 Å². The van der Waals surface area contributed by atoms with Crippen molar-refractivity contribution in [2.75, 3.05) is 0 Å². The Kier molecular flexibility index (Phi) is 4.97. The molecule has 0 aromatic carbocycles. The molecule has 0 aliphatic heterocycles. The van der Waals surface area contributed by atoms with Crippen molar-refractivity contribution in [2.24, 2.45) is 11.7 Å². The zero-order valence-electron chi connectivity index (χ0n) is 15.2. The van der Waals surface area contributed by atoms with E-state index in [0.717, 1.165) is 22.4 Å². The molecule has 9 heteroatoms. The van der Waals surface area contributed by atoms with Gasteiger partial charge in [-0.15, -0.1) is 0 Å². The molecule has 1 aliphatic carbocycles. The number of ketones is 1. The van der Waals surface area contributed by atoms with E-state index in [-0.39, 0.29) is 17.8 Å². The first-order valence-electron chi connectivity index (χ1n) is 9.03. The second-order valence-corrected chi connectivity index (χ2v) is 8.89. The number of thiazole rings is 1. The molecule has 3 aromatic rings. The van der Waals surface area contributed by atoms with E-state index >= 15 is 0 Å². The van der Waals surface area contributed by atoms with Crippen LogP contribution < -0.4 is 5.73 Å².